The third-order valence-corrected chi connectivity index (χ3v) is 5.67. The van der Waals surface area contributed by atoms with Gasteiger partial charge in [-0.25, -0.2) is 9.78 Å². The second kappa shape index (κ2) is 9.89. The lowest BCUT2D eigenvalue weighted by Crippen LogP contribution is -2.32. The lowest BCUT2D eigenvalue weighted by atomic mass is 10.0. The van der Waals surface area contributed by atoms with Crippen molar-refractivity contribution in [3.05, 3.63) is 104 Å². The molecule has 2 heterocycles. The van der Waals surface area contributed by atoms with Crippen molar-refractivity contribution in [2.75, 3.05) is 5.32 Å². The Morgan fingerprint density at radius 2 is 1.71 bits per heavy atom. The molecular weight excluding hydrogens is 444 g/mol. The van der Waals surface area contributed by atoms with Gasteiger partial charge in [0, 0.05) is 29.1 Å². The molecule has 0 fully saturated rings. The van der Waals surface area contributed by atoms with Gasteiger partial charge in [0.2, 0.25) is 0 Å². The molecular formula is C27H26N4O4. The second-order valence-electron chi connectivity index (χ2n) is 8.59. The Labute approximate surface area is 201 Å². The van der Waals surface area contributed by atoms with Gasteiger partial charge in [-0.3, -0.25) is 23.9 Å². The number of hydrogen-bond donors (Lipinski definition) is 2. The number of benzene rings is 2. The first-order valence-electron chi connectivity index (χ1n) is 11.5. The summed E-state index contributed by atoms with van der Waals surface area (Å²) in [4.78, 5) is 58.3. The molecule has 0 bridgehead atoms. The number of carbonyl (C=O) groups is 2. The summed E-state index contributed by atoms with van der Waals surface area (Å²) in [5, 5.41) is 2.85. The van der Waals surface area contributed by atoms with Gasteiger partial charge in [-0.05, 0) is 30.5 Å². The number of aryl methyl sites for hydroxylation is 1. The molecule has 0 unspecified atom stereocenters. The number of fused-ring (bicyclic) bond motifs is 1. The number of amides is 1. The summed E-state index contributed by atoms with van der Waals surface area (Å²) in [6.07, 6.45) is 0.651. The maximum Gasteiger partial charge on any atom is 0.329 e. The first kappa shape index (κ1) is 23.8. The average Bonchev–Trinajstić information content (AvgIpc) is 2.85. The van der Waals surface area contributed by atoms with Crippen LogP contribution in [0.2, 0.25) is 0 Å². The van der Waals surface area contributed by atoms with Gasteiger partial charge < -0.3 is 5.32 Å². The molecule has 4 rings (SSSR count). The number of H-pyrrole nitrogens is 1. The van der Waals surface area contributed by atoms with E-state index in [9.17, 15) is 19.2 Å². The normalized spacial score (nSPS) is 11.1. The van der Waals surface area contributed by atoms with Crippen LogP contribution in [0.25, 0.3) is 11.0 Å². The maximum absolute atomic E-state index is 13.4. The van der Waals surface area contributed by atoms with E-state index < -0.39 is 17.2 Å². The van der Waals surface area contributed by atoms with E-state index in [1.165, 1.54) is 4.57 Å². The zero-order chi connectivity index (χ0) is 25.1. The SMILES string of the molecule is CCCn1c(=O)[nH]c(=O)c2c(C(=O)Nc3cccc(C(=O)c4ccccc4)c3)cc(C(C)C)nc21. The van der Waals surface area contributed by atoms with E-state index in [1.807, 2.05) is 26.8 Å². The molecule has 0 aliphatic rings. The molecule has 1 amide bonds. The van der Waals surface area contributed by atoms with Crippen molar-refractivity contribution in [2.24, 2.45) is 0 Å². The summed E-state index contributed by atoms with van der Waals surface area (Å²) in [6.45, 7) is 6.10. The highest BCUT2D eigenvalue weighted by atomic mass is 16.2. The fourth-order valence-corrected chi connectivity index (χ4v) is 3.89. The topological polar surface area (TPSA) is 114 Å². The maximum atomic E-state index is 13.4. The van der Waals surface area contributed by atoms with Gasteiger partial charge >= 0.3 is 5.69 Å². The van der Waals surface area contributed by atoms with Gasteiger partial charge in [0.25, 0.3) is 11.5 Å². The number of rotatable bonds is 7. The Bertz CT molecular complexity index is 1530. The Morgan fingerprint density at radius 3 is 2.40 bits per heavy atom. The molecule has 2 aromatic carbocycles. The van der Waals surface area contributed by atoms with Gasteiger partial charge in [0.1, 0.15) is 0 Å². The molecule has 0 atom stereocenters. The van der Waals surface area contributed by atoms with Gasteiger partial charge in [0.05, 0.1) is 10.9 Å². The number of pyridine rings is 1. The van der Waals surface area contributed by atoms with E-state index in [0.717, 1.165) is 0 Å². The monoisotopic (exact) mass is 470 g/mol. The van der Waals surface area contributed by atoms with Crippen LogP contribution in [0.5, 0.6) is 0 Å². The van der Waals surface area contributed by atoms with Crippen molar-refractivity contribution >= 4 is 28.4 Å². The van der Waals surface area contributed by atoms with Crippen LogP contribution in [0.1, 0.15) is 65.1 Å². The first-order valence-corrected chi connectivity index (χ1v) is 11.5. The molecule has 4 aromatic rings. The van der Waals surface area contributed by atoms with Crippen LogP contribution in [-0.2, 0) is 6.54 Å². The first-order chi connectivity index (χ1) is 16.8. The minimum absolute atomic E-state index is 0.0396. The Morgan fingerprint density at radius 1 is 1.00 bits per heavy atom. The molecule has 0 saturated heterocycles. The number of aromatic amines is 1. The molecule has 178 valence electrons. The molecule has 0 aliphatic heterocycles. The lowest BCUT2D eigenvalue weighted by Gasteiger charge is -2.15. The predicted molar refractivity (Wildman–Crippen MR) is 135 cm³/mol. The van der Waals surface area contributed by atoms with E-state index in [0.29, 0.717) is 35.5 Å². The van der Waals surface area contributed by atoms with Crippen LogP contribution >= 0.6 is 0 Å². The highest BCUT2D eigenvalue weighted by Gasteiger charge is 2.21. The Balaban J connectivity index is 1.78. The summed E-state index contributed by atoms with van der Waals surface area (Å²) >= 11 is 0. The van der Waals surface area contributed by atoms with Crippen LogP contribution in [0.15, 0.2) is 70.3 Å². The summed E-state index contributed by atoms with van der Waals surface area (Å²) in [5.74, 6) is -0.740. The number of nitrogens with one attached hydrogen (secondary N) is 2. The van der Waals surface area contributed by atoms with Gasteiger partial charge in [-0.1, -0.05) is 63.2 Å². The Hall–Kier alpha value is -4.33. The number of hydrogen-bond acceptors (Lipinski definition) is 5. The zero-order valence-electron chi connectivity index (χ0n) is 19.8. The number of aromatic nitrogens is 3. The molecule has 8 heteroatoms. The van der Waals surface area contributed by atoms with Crippen molar-refractivity contribution in [2.45, 2.75) is 39.7 Å². The van der Waals surface area contributed by atoms with Gasteiger partial charge in [-0.2, -0.15) is 0 Å². The summed E-state index contributed by atoms with van der Waals surface area (Å²) in [5.41, 5.74) is 1.03. The van der Waals surface area contributed by atoms with Crippen LogP contribution in [0.3, 0.4) is 0 Å². The summed E-state index contributed by atoms with van der Waals surface area (Å²) in [7, 11) is 0. The van der Waals surface area contributed by atoms with Crippen molar-refractivity contribution in [3.63, 3.8) is 0 Å². The quantitative estimate of drug-likeness (QED) is 0.395. The van der Waals surface area contributed by atoms with Gasteiger partial charge in [-0.15, -0.1) is 0 Å². The molecule has 0 saturated carbocycles. The third kappa shape index (κ3) is 4.82. The summed E-state index contributed by atoms with van der Waals surface area (Å²) < 4.78 is 1.39. The largest absolute Gasteiger partial charge is 0.329 e. The molecule has 2 aromatic heterocycles. The van der Waals surface area contributed by atoms with Crippen LogP contribution in [-0.4, -0.2) is 26.2 Å². The second-order valence-corrected chi connectivity index (χ2v) is 8.59. The van der Waals surface area contributed by atoms with Crippen LogP contribution < -0.4 is 16.6 Å². The van der Waals surface area contributed by atoms with E-state index in [-0.39, 0.29) is 28.3 Å². The fraction of sp³-hybridized carbons (Fsp3) is 0.222. The molecule has 0 radical (unpaired) electrons. The fourth-order valence-electron chi connectivity index (χ4n) is 3.89. The minimum atomic E-state index is -0.668. The molecule has 8 nitrogen and oxygen atoms in total. The molecule has 2 N–H and O–H groups in total. The average molecular weight is 471 g/mol. The number of carbonyl (C=O) groups excluding carboxylic acids is 2. The Kier molecular flexibility index (Phi) is 6.73. The smallest absolute Gasteiger partial charge is 0.322 e. The van der Waals surface area contributed by atoms with E-state index >= 15 is 0 Å². The number of ketones is 1. The van der Waals surface area contributed by atoms with Crippen molar-refractivity contribution in [3.8, 4) is 0 Å². The van der Waals surface area contributed by atoms with Gasteiger partial charge in [0.15, 0.2) is 11.4 Å². The van der Waals surface area contributed by atoms with E-state index in [1.54, 1.807) is 54.6 Å². The number of nitrogens with zero attached hydrogens (tertiary/aromatic N) is 2. The lowest BCUT2D eigenvalue weighted by molar-refractivity contribution is 0.102. The summed E-state index contributed by atoms with van der Waals surface area (Å²) in [6, 6.07) is 17.1. The van der Waals surface area contributed by atoms with E-state index in [4.69, 9.17) is 0 Å². The molecule has 0 spiro atoms. The molecule has 0 aliphatic carbocycles. The third-order valence-electron chi connectivity index (χ3n) is 5.67. The van der Waals surface area contributed by atoms with Crippen molar-refractivity contribution < 1.29 is 9.59 Å². The standard InChI is InChI=1S/C27H26N4O4/c1-4-13-31-24-22(26(34)30-27(31)35)20(15-21(29-24)16(2)3)25(33)28-19-12-8-11-18(14-19)23(32)17-9-6-5-7-10-17/h5-12,14-16H,4,13H2,1-3H3,(H,28,33)(H,30,34,35). The number of anilines is 1. The zero-order valence-corrected chi connectivity index (χ0v) is 19.8. The van der Waals surface area contributed by atoms with Crippen molar-refractivity contribution in [1.82, 2.24) is 14.5 Å². The molecule has 35 heavy (non-hydrogen) atoms. The highest BCUT2D eigenvalue weighted by Crippen LogP contribution is 2.22. The van der Waals surface area contributed by atoms with E-state index in [2.05, 4.69) is 15.3 Å². The van der Waals surface area contributed by atoms with Crippen molar-refractivity contribution in [1.29, 1.82) is 0 Å². The van der Waals surface area contributed by atoms with Crippen LogP contribution in [0.4, 0.5) is 5.69 Å². The minimum Gasteiger partial charge on any atom is -0.322 e. The predicted octanol–water partition coefficient (Wildman–Crippen LogP) is 4.10. The highest BCUT2D eigenvalue weighted by molar-refractivity contribution is 6.13. The van der Waals surface area contributed by atoms with Crippen LogP contribution in [0, 0.1) is 0 Å².